The maximum Gasteiger partial charge on any atom is 0.417 e. The Hall–Kier alpha value is -5.04. The molecule has 9 nitrogen and oxygen atoms in total. The van der Waals surface area contributed by atoms with Gasteiger partial charge in [-0.05, 0) is 59.7 Å². The molecule has 0 aliphatic carbocycles. The fourth-order valence-electron chi connectivity index (χ4n) is 5.29. The molecular formula is C34H32F3N3O6S. The third-order valence-corrected chi connectivity index (χ3v) is 8.99. The van der Waals surface area contributed by atoms with Gasteiger partial charge in [0.1, 0.15) is 22.5 Å². The smallest absolute Gasteiger partial charge is 0.417 e. The maximum atomic E-state index is 13.6. The molecule has 2 amide bonds. The van der Waals surface area contributed by atoms with Crippen molar-refractivity contribution in [3.05, 3.63) is 108 Å². The first-order valence-electron chi connectivity index (χ1n) is 14.5. The topological polar surface area (TPSA) is 105 Å². The predicted molar refractivity (Wildman–Crippen MR) is 170 cm³/mol. The molecule has 246 valence electrons. The molecule has 1 aliphatic rings. The molecule has 1 heterocycles. The number of ether oxygens (including phenoxy) is 2. The number of halogens is 3. The summed E-state index contributed by atoms with van der Waals surface area (Å²) in [7, 11) is 0.456. The van der Waals surface area contributed by atoms with E-state index >= 15 is 0 Å². The first-order valence-corrected chi connectivity index (χ1v) is 16.0. The van der Waals surface area contributed by atoms with Gasteiger partial charge in [-0.25, -0.2) is 8.42 Å². The van der Waals surface area contributed by atoms with Gasteiger partial charge in [-0.2, -0.15) is 13.2 Å². The number of rotatable bonds is 9. The summed E-state index contributed by atoms with van der Waals surface area (Å²) in [6.45, 7) is 0.261. The molecule has 1 N–H and O–H groups in total. The Balaban J connectivity index is 1.31. The summed E-state index contributed by atoms with van der Waals surface area (Å²) in [6, 6.07) is 22.4. The van der Waals surface area contributed by atoms with Gasteiger partial charge in [0.15, 0.2) is 0 Å². The third-order valence-electron chi connectivity index (χ3n) is 7.59. The van der Waals surface area contributed by atoms with Crippen molar-refractivity contribution in [1.29, 1.82) is 0 Å². The quantitative estimate of drug-likeness (QED) is 0.229. The lowest BCUT2D eigenvalue weighted by molar-refractivity contribution is -0.138. The number of nitrogens with zero attached hydrogens (tertiary/aromatic N) is 2. The van der Waals surface area contributed by atoms with Crippen LogP contribution in [0.2, 0.25) is 0 Å². The lowest BCUT2D eigenvalue weighted by atomic mass is 10.0. The average molecular weight is 668 g/mol. The van der Waals surface area contributed by atoms with Crippen molar-refractivity contribution in [3.8, 4) is 22.6 Å². The van der Waals surface area contributed by atoms with Gasteiger partial charge in [0.05, 0.1) is 30.5 Å². The van der Waals surface area contributed by atoms with Gasteiger partial charge in [-0.3, -0.25) is 14.3 Å². The number of nitrogens with one attached hydrogen (secondary N) is 1. The van der Waals surface area contributed by atoms with Crippen LogP contribution in [-0.4, -0.2) is 70.4 Å². The molecule has 1 fully saturated rings. The Morgan fingerprint density at radius 2 is 1.64 bits per heavy atom. The van der Waals surface area contributed by atoms with E-state index in [4.69, 9.17) is 9.47 Å². The second-order valence-corrected chi connectivity index (χ2v) is 12.8. The molecule has 0 aromatic heterocycles. The van der Waals surface area contributed by atoms with Gasteiger partial charge in [0, 0.05) is 38.7 Å². The minimum atomic E-state index is -4.67. The van der Waals surface area contributed by atoms with E-state index in [1.54, 1.807) is 56.6 Å². The van der Waals surface area contributed by atoms with Crippen LogP contribution in [0.5, 0.6) is 11.5 Å². The number of carbonyl (C=O) groups is 2. The zero-order chi connectivity index (χ0) is 33.9. The van der Waals surface area contributed by atoms with Gasteiger partial charge in [-0.1, -0.05) is 36.4 Å². The molecule has 0 radical (unpaired) electrons. The number of hydrogen-bond acceptors (Lipinski definition) is 6. The summed E-state index contributed by atoms with van der Waals surface area (Å²) in [6.07, 6.45) is -4.81. The number of carbonyl (C=O) groups excluding carboxylic acids is 2. The highest BCUT2D eigenvalue weighted by Gasteiger charge is 2.37. The van der Waals surface area contributed by atoms with Gasteiger partial charge < -0.3 is 19.3 Å². The van der Waals surface area contributed by atoms with Crippen molar-refractivity contribution in [2.45, 2.75) is 23.6 Å². The van der Waals surface area contributed by atoms with E-state index in [0.717, 1.165) is 12.1 Å². The normalized spacial score (nSPS) is 14.9. The zero-order valence-corrected chi connectivity index (χ0v) is 26.6. The van der Waals surface area contributed by atoms with Gasteiger partial charge in [-0.15, -0.1) is 0 Å². The lowest BCUT2D eigenvalue weighted by Gasteiger charge is -2.20. The standard InChI is InChI=1S/C34H32F3N3O6S/c1-39(2)32(41)24-9-6-8-22(18-24)23-14-15-30(45-3)31(19-23)47(43,44)38-25-10-7-11-26(20-25)46-27-16-17-40(21-27)33(42)28-12-4-5-13-29(28)34(35,36)37/h4-15,18-20,27,38H,16-17,21H2,1-3H3/t27-/m0/s1. The maximum absolute atomic E-state index is 13.6. The second-order valence-electron chi connectivity index (χ2n) is 11.1. The van der Waals surface area contributed by atoms with Gasteiger partial charge in [0.2, 0.25) is 0 Å². The van der Waals surface area contributed by atoms with Crippen molar-refractivity contribution in [1.82, 2.24) is 9.80 Å². The molecule has 5 rings (SSSR count). The van der Waals surface area contributed by atoms with Crippen LogP contribution in [0.15, 0.2) is 95.9 Å². The Bertz CT molecular complexity index is 1910. The van der Waals surface area contributed by atoms with E-state index in [9.17, 15) is 31.2 Å². The highest BCUT2D eigenvalue weighted by atomic mass is 32.2. The van der Waals surface area contributed by atoms with Crippen LogP contribution >= 0.6 is 0 Å². The molecule has 47 heavy (non-hydrogen) atoms. The van der Waals surface area contributed by atoms with Crippen LogP contribution in [0.25, 0.3) is 11.1 Å². The van der Waals surface area contributed by atoms with Crippen LogP contribution in [-0.2, 0) is 16.2 Å². The number of methoxy groups -OCH3 is 1. The zero-order valence-electron chi connectivity index (χ0n) is 25.7. The number of alkyl halides is 3. The van der Waals surface area contributed by atoms with Crippen LogP contribution in [0.3, 0.4) is 0 Å². The largest absolute Gasteiger partial charge is 0.495 e. The molecule has 0 bridgehead atoms. The van der Waals surface area contributed by atoms with Crippen molar-refractivity contribution < 1.29 is 40.7 Å². The molecule has 0 saturated carbocycles. The summed E-state index contributed by atoms with van der Waals surface area (Å²) in [5.74, 6) is -0.515. The first kappa shape index (κ1) is 33.3. The molecule has 1 aliphatic heterocycles. The molecular weight excluding hydrogens is 635 g/mol. The molecule has 1 saturated heterocycles. The first-order chi connectivity index (χ1) is 22.3. The highest BCUT2D eigenvalue weighted by Crippen LogP contribution is 2.34. The molecule has 4 aromatic rings. The van der Waals surface area contributed by atoms with Crippen LogP contribution in [0, 0.1) is 0 Å². The van der Waals surface area contributed by atoms with Gasteiger partial charge in [0.25, 0.3) is 21.8 Å². The fourth-order valence-corrected chi connectivity index (χ4v) is 6.53. The van der Waals surface area contributed by atoms with Crippen molar-refractivity contribution in [2.75, 3.05) is 39.0 Å². The number of benzene rings is 4. The van der Waals surface area contributed by atoms with Crippen molar-refractivity contribution in [3.63, 3.8) is 0 Å². The van der Waals surface area contributed by atoms with E-state index in [2.05, 4.69) is 4.72 Å². The van der Waals surface area contributed by atoms with E-state index in [1.165, 1.54) is 53.3 Å². The van der Waals surface area contributed by atoms with Crippen LogP contribution in [0.1, 0.15) is 32.7 Å². The molecule has 0 spiro atoms. The number of hydrogen-bond donors (Lipinski definition) is 1. The number of likely N-dealkylation sites (tertiary alicyclic amines) is 1. The number of amides is 2. The average Bonchev–Trinajstić information content (AvgIpc) is 3.51. The van der Waals surface area contributed by atoms with Gasteiger partial charge >= 0.3 is 6.18 Å². The predicted octanol–water partition coefficient (Wildman–Crippen LogP) is 6.18. The minimum Gasteiger partial charge on any atom is -0.495 e. The molecule has 0 unspecified atom stereocenters. The Labute approximate surface area is 270 Å². The van der Waals surface area contributed by atoms with E-state index in [0.29, 0.717) is 28.9 Å². The van der Waals surface area contributed by atoms with Crippen LogP contribution in [0.4, 0.5) is 18.9 Å². The molecule has 4 aromatic carbocycles. The van der Waals surface area contributed by atoms with E-state index < -0.39 is 39.3 Å². The summed E-state index contributed by atoms with van der Waals surface area (Å²) in [4.78, 5) is 28.1. The second kappa shape index (κ2) is 13.4. The van der Waals surface area contributed by atoms with E-state index in [1.807, 2.05) is 0 Å². The lowest BCUT2D eigenvalue weighted by Crippen LogP contribution is -2.32. The monoisotopic (exact) mass is 667 g/mol. The summed E-state index contributed by atoms with van der Waals surface area (Å²) < 4.78 is 81.5. The van der Waals surface area contributed by atoms with Crippen molar-refractivity contribution in [2.24, 2.45) is 0 Å². The summed E-state index contributed by atoms with van der Waals surface area (Å²) >= 11 is 0. The Kier molecular flexibility index (Phi) is 9.48. The van der Waals surface area contributed by atoms with E-state index in [-0.39, 0.29) is 35.3 Å². The summed E-state index contributed by atoms with van der Waals surface area (Å²) in [5.41, 5.74) is 0.408. The molecule has 1 atom stereocenters. The Morgan fingerprint density at radius 3 is 2.36 bits per heavy atom. The van der Waals surface area contributed by atoms with Crippen LogP contribution < -0.4 is 14.2 Å². The molecule has 13 heteroatoms. The minimum absolute atomic E-state index is 0.0618. The van der Waals surface area contributed by atoms with Crippen molar-refractivity contribution >= 4 is 27.5 Å². The number of sulfonamides is 1. The fraction of sp³-hybridized carbons (Fsp3) is 0.235. The number of anilines is 1. The third kappa shape index (κ3) is 7.51. The highest BCUT2D eigenvalue weighted by molar-refractivity contribution is 7.92. The Morgan fingerprint density at radius 1 is 0.915 bits per heavy atom. The summed E-state index contributed by atoms with van der Waals surface area (Å²) in [5, 5.41) is 0. The SMILES string of the molecule is COc1ccc(-c2cccc(C(=O)N(C)C)c2)cc1S(=O)(=O)Nc1cccc(O[C@H]2CCN(C(=O)c3ccccc3C(F)(F)F)C2)c1.